The summed E-state index contributed by atoms with van der Waals surface area (Å²) in [4.78, 5) is 65.8. The van der Waals surface area contributed by atoms with Crippen molar-refractivity contribution in [3.63, 3.8) is 0 Å². The fourth-order valence-electron chi connectivity index (χ4n) is 7.74. The van der Waals surface area contributed by atoms with Gasteiger partial charge in [-0.25, -0.2) is 10.3 Å². The van der Waals surface area contributed by atoms with Crippen LogP contribution in [0.4, 0.5) is 4.79 Å². The maximum Gasteiger partial charge on any atom is 0.410 e. The van der Waals surface area contributed by atoms with E-state index in [0.29, 0.717) is 51.9 Å². The van der Waals surface area contributed by atoms with Crippen molar-refractivity contribution in [1.82, 2.24) is 20.2 Å². The monoisotopic (exact) mass is 738 g/mol. The number of ether oxygens (including phenoxy) is 1. The zero-order valence-electron chi connectivity index (χ0n) is 32.7. The fourth-order valence-corrected chi connectivity index (χ4v) is 7.74. The molecule has 0 unspecified atom stereocenters. The van der Waals surface area contributed by atoms with E-state index < -0.39 is 11.5 Å². The van der Waals surface area contributed by atoms with E-state index in [1.165, 1.54) is 0 Å². The van der Waals surface area contributed by atoms with Crippen LogP contribution in [0.3, 0.4) is 0 Å². The molecule has 10 heteroatoms. The molecule has 0 aromatic heterocycles. The summed E-state index contributed by atoms with van der Waals surface area (Å²) in [6, 6.07) is 26.7. The predicted molar refractivity (Wildman–Crippen MR) is 208 cm³/mol. The van der Waals surface area contributed by atoms with Crippen molar-refractivity contribution in [2.75, 3.05) is 19.6 Å². The van der Waals surface area contributed by atoms with Crippen LogP contribution in [-0.2, 0) is 43.7 Å². The Bertz CT molecular complexity index is 1670. The van der Waals surface area contributed by atoms with E-state index in [2.05, 4.69) is 5.48 Å². The summed E-state index contributed by atoms with van der Waals surface area (Å²) in [5.74, 6) is -0.405. The Balaban J connectivity index is 1.22. The van der Waals surface area contributed by atoms with Crippen molar-refractivity contribution in [3.8, 4) is 0 Å². The summed E-state index contributed by atoms with van der Waals surface area (Å²) in [5.41, 5.74) is 6.15. The Labute approximate surface area is 321 Å². The zero-order valence-corrected chi connectivity index (χ0v) is 32.7. The van der Waals surface area contributed by atoms with Crippen LogP contribution in [0, 0.1) is 24.2 Å². The van der Waals surface area contributed by atoms with Crippen LogP contribution < -0.4 is 5.48 Å². The van der Waals surface area contributed by atoms with E-state index in [0.717, 1.165) is 28.7 Å². The lowest BCUT2D eigenvalue weighted by Gasteiger charge is -2.45. The van der Waals surface area contributed by atoms with Crippen molar-refractivity contribution in [3.05, 3.63) is 107 Å². The second-order valence-electron chi connectivity index (χ2n) is 16.0. The topological polar surface area (TPSA) is 108 Å². The summed E-state index contributed by atoms with van der Waals surface area (Å²) in [5, 5.41) is 0. The molecule has 0 bridgehead atoms. The van der Waals surface area contributed by atoms with Crippen LogP contribution in [-0.4, -0.2) is 70.2 Å². The Kier molecular flexibility index (Phi) is 14.3. The quantitative estimate of drug-likeness (QED) is 0.172. The van der Waals surface area contributed by atoms with Gasteiger partial charge in [-0.05, 0) is 67.1 Å². The molecule has 3 atom stereocenters. The van der Waals surface area contributed by atoms with Gasteiger partial charge in [0.05, 0.1) is 6.61 Å². The highest BCUT2D eigenvalue weighted by Crippen LogP contribution is 2.35. The number of likely N-dealkylation sites (tertiary alicyclic amines) is 1. The lowest BCUT2D eigenvalue weighted by molar-refractivity contribution is -0.152. The molecule has 3 aromatic carbocycles. The largest absolute Gasteiger partial charge is 0.445 e. The number of rotatable bonds is 14. The smallest absolute Gasteiger partial charge is 0.410 e. The summed E-state index contributed by atoms with van der Waals surface area (Å²) in [6.07, 6.45) is 3.23. The molecule has 3 aromatic rings. The third kappa shape index (κ3) is 11.2. The molecular formula is C44H58N4O6. The van der Waals surface area contributed by atoms with Crippen molar-refractivity contribution in [2.24, 2.45) is 17.3 Å². The van der Waals surface area contributed by atoms with Gasteiger partial charge in [0, 0.05) is 44.6 Å². The lowest BCUT2D eigenvalue weighted by Crippen LogP contribution is -2.59. The molecule has 54 heavy (non-hydrogen) atoms. The number of amides is 4. The van der Waals surface area contributed by atoms with E-state index in [1.54, 1.807) is 4.90 Å². The van der Waals surface area contributed by atoms with Crippen molar-refractivity contribution >= 4 is 23.8 Å². The van der Waals surface area contributed by atoms with E-state index in [4.69, 9.17) is 9.57 Å². The van der Waals surface area contributed by atoms with E-state index in [9.17, 15) is 19.2 Å². The molecular weight excluding hydrogens is 681 g/mol. The van der Waals surface area contributed by atoms with Crippen LogP contribution in [0.1, 0.15) is 88.5 Å². The van der Waals surface area contributed by atoms with Crippen LogP contribution in [0.15, 0.2) is 84.9 Å². The van der Waals surface area contributed by atoms with E-state index >= 15 is 0 Å². The number of aryl methyl sites for hydroxylation is 1. The van der Waals surface area contributed by atoms with Crippen molar-refractivity contribution < 1.29 is 28.8 Å². The summed E-state index contributed by atoms with van der Waals surface area (Å²) >= 11 is 0. The molecule has 1 saturated heterocycles. The van der Waals surface area contributed by atoms with Gasteiger partial charge in [0.25, 0.3) is 0 Å². The van der Waals surface area contributed by atoms with E-state index in [-0.39, 0.29) is 61.3 Å². The minimum absolute atomic E-state index is 0.0670. The first kappa shape index (κ1) is 40.5. The van der Waals surface area contributed by atoms with Crippen LogP contribution in [0.25, 0.3) is 0 Å². The lowest BCUT2D eigenvalue weighted by atomic mass is 9.83. The van der Waals surface area contributed by atoms with Gasteiger partial charge in [-0.2, -0.15) is 0 Å². The van der Waals surface area contributed by atoms with Crippen LogP contribution in [0.2, 0.25) is 0 Å². The molecule has 1 saturated carbocycles. The molecule has 1 aliphatic heterocycles. The number of hydroxylamine groups is 1. The Morgan fingerprint density at radius 2 is 1.43 bits per heavy atom. The normalized spacial score (nSPS) is 18.1. The number of carbonyl (C=O) groups is 4. The SMILES string of the molecule is CCC(=O)N(C[C@@H]1CC[C@@H](C(=O)NOCc2ccccc2)C1)[C@H](C(=O)N1CCC(N(Cc2ccc(C)cc2)C(=O)OCc2ccccc2)CC1)C(C)(C)C. The first-order valence-electron chi connectivity index (χ1n) is 19.5. The minimum atomic E-state index is -0.664. The molecule has 0 radical (unpaired) electrons. The third-order valence-corrected chi connectivity index (χ3v) is 10.7. The maximum absolute atomic E-state index is 14.5. The Hall–Kier alpha value is -4.70. The van der Waals surface area contributed by atoms with E-state index in [1.807, 2.05) is 129 Å². The standard InChI is InChI=1S/C44H58N4O6/c1-6-39(49)48(29-36-21-22-37(27-36)41(50)45-54-31-35-15-11-8-12-16-35)40(44(3,4)5)42(51)46-25-23-38(24-26-46)47(28-33-19-17-32(2)18-20-33)43(52)53-30-34-13-9-7-10-14-34/h7-20,36-38,40H,6,21-31H2,1-5H3,(H,45,50)/t36-,37-,40-/m1/s1. The number of nitrogens with one attached hydrogen (secondary N) is 1. The average Bonchev–Trinajstić information content (AvgIpc) is 3.65. The number of nitrogens with zero attached hydrogens (tertiary/aromatic N) is 3. The molecule has 2 aliphatic rings. The van der Waals surface area contributed by atoms with Crippen LogP contribution >= 0.6 is 0 Å². The summed E-state index contributed by atoms with van der Waals surface area (Å²) < 4.78 is 5.82. The molecule has 290 valence electrons. The molecule has 1 aliphatic carbocycles. The van der Waals surface area contributed by atoms with Gasteiger partial charge in [-0.3, -0.25) is 19.2 Å². The molecule has 0 spiro atoms. The van der Waals surface area contributed by atoms with Gasteiger partial charge in [0.2, 0.25) is 17.7 Å². The highest BCUT2D eigenvalue weighted by molar-refractivity contribution is 5.88. The highest BCUT2D eigenvalue weighted by Gasteiger charge is 2.44. The minimum Gasteiger partial charge on any atom is -0.445 e. The number of piperidine rings is 1. The molecule has 4 amide bonds. The first-order valence-corrected chi connectivity index (χ1v) is 19.5. The van der Waals surface area contributed by atoms with Gasteiger partial charge in [-0.15, -0.1) is 0 Å². The maximum atomic E-state index is 14.5. The zero-order chi connectivity index (χ0) is 38.7. The number of benzene rings is 3. The second kappa shape index (κ2) is 19.1. The third-order valence-electron chi connectivity index (χ3n) is 10.7. The summed E-state index contributed by atoms with van der Waals surface area (Å²) in [7, 11) is 0. The van der Waals surface area contributed by atoms with Gasteiger partial charge in [0.15, 0.2) is 0 Å². The van der Waals surface area contributed by atoms with Crippen molar-refractivity contribution in [2.45, 2.75) is 105 Å². The number of hydrogen-bond donors (Lipinski definition) is 1. The Morgan fingerprint density at radius 1 is 0.815 bits per heavy atom. The molecule has 10 nitrogen and oxygen atoms in total. The molecule has 1 N–H and O–H groups in total. The first-order chi connectivity index (χ1) is 25.9. The molecule has 2 fully saturated rings. The highest BCUT2D eigenvalue weighted by atomic mass is 16.6. The molecule has 1 heterocycles. The summed E-state index contributed by atoms with van der Waals surface area (Å²) in [6.45, 7) is 12.2. The Morgan fingerprint density at radius 3 is 2.02 bits per heavy atom. The van der Waals surface area contributed by atoms with Gasteiger partial charge < -0.3 is 19.4 Å². The average molecular weight is 739 g/mol. The second-order valence-corrected chi connectivity index (χ2v) is 16.0. The van der Waals surface area contributed by atoms with Crippen LogP contribution in [0.5, 0.6) is 0 Å². The predicted octanol–water partition coefficient (Wildman–Crippen LogP) is 7.44. The van der Waals surface area contributed by atoms with Gasteiger partial charge in [-0.1, -0.05) is 118 Å². The molecule has 5 rings (SSSR count). The van der Waals surface area contributed by atoms with Gasteiger partial charge in [0.1, 0.15) is 12.6 Å². The fraction of sp³-hybridized carbons (Fsp3) is 0.500. The van der Waals surface area contributed by atoms with Crippen molar-refractivity contribution in [1.29, 1.82) is 0 Å². The number of carbonyl (C=O) groups excluding carboxylic acids is 4. The number of hydrogen-bond acceptors (Lipinski definition) is 6. The van der Waals surface area contributed by atoms with Gasteiger partial charge >= 0.3 is 6.09 Å².